The maximum Gasteiger partial charge on any atom is 0.0963 e. The van der Waals surface area contributed by atoms with Crippen molar-refractivity contribution in [2.45, 2.75) is 50.2 Å². The predicted octanol–water partition coefficient (Wildman–Crippen LogP) is 2.84. The zero-order valence-electron chi connectivity index (χ0n) is 10.3. The summed E-state index contributed by atoms with van der Waals surface area (Å²) >= 11 is 0. The lowest BCUT2D eigenvalue weighted by atomic mass is 9.67. The molecule has 2 heterocycles. The molecule has 1 spiro atoms. The van der Waals surface area contributed by atoms with Gasteiger partial charge in [0.25, 0.3) is 0 Å². The van der Waals surface area contributed by atoms with Gasteiger partial charge in [0.2, 0.25) is 0 Å². The molecule has 1 aromatic heterocycles. The summed E-state index contributed by atoms with van der Waals surface area (Å²) in [6.07, 6.45) is 8.77. The van der Waals surface area contributed by atoms with Crippen molar-refractivity contribution in [2.24, 2.45) is 5.92 Å². The van der Waals surface area contributed by atoms with E-state index in [-0.39, 0.29) is 11.5 Å². The molecule has 0 radical (unpaired) electrons. The third-order valence-electron chi connectivity index (χ3n) is 4.66. The first-order valence-electron chi connectivity index (χ1n) is 6.51. The Morgan fingerprint density at radius 1 is 1.47 bits per heavy atom. The highest BCUT2D eigenvalue weighted by molar-refractivity contribution is 5.17. The van der Waals surface area contributed by atoms with E-state index in [1.807, 2.05) is 13.0 Å². The standard InChI is InChI=1S/C14H20O3/c1-13(15,12-3-7-16-10-12)11-4-8-17-14(9-11)5-2-6-14/h3,7,10-11,15H,2,4-6,8-9H2,1H3. The summed E-state index contributed by atoms with van der Waals surface area (Å²) in [5.74, 6) is 0.272. The molecule has 1 aliphatic carbocycles. The molecule has 17 heavy (non-hydrogen) atoms. The Hall–Kier alpha value is -0.800. The number of ether oxygens (including phenoxy) is 1. The SMILES string of the molecule is CC(O)(c1ccoc1)C1CCOC2(CCC2)C1. The van der Waals surface area contributed by atoms with Crippen LogP contribution in [0.2, 0.25) is 0 Å². The van der Waals surface area contributed by atoms with Crippen LogP contribution in [0.3, 0.4) is 0 Å². The van der Waals surface area contributed by atoms with E-state index in [9.17, 15) is 5.11 Å². The predicted molar refractivity (Wildman–Crippen MR) is 63.5 cm³/mol. The van der Waals surface area contributed by atoms with Crippen molar-refractivity contribution in [3.8, 4) is 0 Å². The summed E-state index contributed by atoms with van der Waals surface area (Å²) in [5, 5.41) is 10.7. The van der Waals surface area contributed by atoms with Crippen LogP contribution in [-0.2, 0) is 10.3 Å². The Morgan fingerprint density at radius 3 is 2.88 bits per heavy atom. The van der Waals surface area contributed by atoms with Gasteiger partial charge in [-0.3, -0.25) is 0 Å². The first-order chi connectivity index (χ1) is 8.12. The molecule has 3 nitrogen and oxygen atoms in total. The van der Waals surface area contributed by atoms with Crippen LogP contribution in [0.1, 0.15) is 44.6 Å². The summed E-state index contributed by atoms with van der Waals surface area (Å²) < 4.78 is 11.0. The highest BCUT2D eigenvalue weighted by Gasteiger charge is 2.47. The topological polar surface area (TPSA) is 42.6 Å². The number of hydrogen-bond donors (Lipinski definition) is 1. The molecule has 2 unspecified atom stereocenters. The van der Waals surface area contributed by atoms with Gasteiger partial charge in [0.1, 0.15) is 0 Å². The van der Waals surface area contributed by atoms with Crippen molar-refractivity contribution in [1.82, 2.24) is 0 Å². The van der Waals surface area contributed by atoms with Crippen LogP contribution in [-0.4, -0.2) is 17.3 Å². The second kappa shape index (κ2) is 3.85. The molecule has 3 rings (SSSR count). The van der Waals surface area contributed by atoms with Gasteiger partial charge in [-0.1, -0.05) is 0 Å². The van der Waals surface area contributed by atoms with E-state index in [0.29, 0.717) is 0 Å². The van der Waals surface area contributed by atoms with Gasteiger partial charge in [-0.15, -0.1) is 0 Å². The van der Waals surface area contributed by atoms with Gasteiger partial charge in [0.05, 0.1) is 23.7 Å². The van der Waals surface area contributed by atoms with E-state index in [2.05, 4.69) is 0 Å². The lowest BCUT2D eigenvalue weighted by molar-refractivity contribution is -0.174. The van der Waals surface area contributed by atoms with Gasteiger partial charge in [0.15, 0.2) is 0 Å². The molecular weight excluding hydrogens is 216 g/mol. The highest BCUT2D eigenvalue weighted by Crippen LogP contribution is 2.48. The Kier molecular flexibility index (Phi) is 2.56. The van der Waals surface area contributed by atoms with E-state index < -0.39 is 5.60 Å². The first-order valence-corrected chi connectivity index (χ1v) is 6.51. The zero-order chi connectivity index (χ0) is 11.9. The van der Waals surface area contributed by atoms with Crippen LogP contribution < -0.4 is 0 Å². The van der Waals surface area contributed by atoms with Gasteiger partial charge in [-0.2, -0.15) is 0 Å². The number of hydrogen-bond acceptors (Lipinski definition) is 3. The monoisotopic (exact) mass is 236 g/mol. The molecule has 1 aromatic rings. The van der Waals surface area contributed by atoms with E-state index in [1.54, 1.807) is 12.5 Å². The minimum absolute atomic E-state index is 0.0800. The van der Waals surface area contributed by atoms with Gasteiger partial charge in [-0.25, -0.2) is 0 Å². The zero-order valence-corrected chi connectivity index (χ0v) is 10.3. The minimum Gasteiger partial charge on any atom is -0.472 e. The second-order valence-electron chi connectivity index (χ2n) is 5.73. The number of aliphatic hydroxyl groups is 1. The summed E-state index contributed by atoms with van der Waals surface area (Å²) in [7, 11) is 0. The smallest absolute Gasteiger partial charge is 0.0963 e. The molecule has 1 saturated heterocycles. The molecule has 1 N–H and O–H groups in total. The molecule has 3 heteroatoms. The summed E-state index contributed by atoms with van der Waals surface area (Å²) in [5.41, 5.74) is 0.176. The number of rotatable bonds is 2. The Balaban J connectivity index is 1.79. The summed E-state index contributed by atoms with van der Waals surface area (Å²) in [6.45, 7) is 2.68. The van der Waals surface area contributed by atoms with Crippen molar-refractivity contribution < 1.29 is 14.3 Å². The molecule has 0 bridgehead atoms. The Labute approximate surface area is 102 Å². The lowest BCUT2D eigenvalue weighted by Gasteiger charge is -2.50. The van der Waals surface area contributed by atoms with Crippen LogP contribution >= 0.6 is 0 Å². The maximum atomic E-state index is 10.7. The Morgan fingerprint density at radius 2 is 2.29 bits per heavy atom. The Bertz CT molecular complexity index is 376. The fourth-order valence-corrected chi connectivity index (χ4v) is 3.22. The van der Waals surface area contributed by atoms with Crippen molar-refractivity contribution in [2.75, 3.05) is 6.61 Å². The molecule has 1 saturated carbocycles. The second-order valence-corrected chi connectivity index (χ2v) is 5.73. The molecule has 2 aliphatic rings. The summed E-state index contributed by atoms with van der Waals surface area (Å²) in [6, 6.07) is 1.86. The van der Waals surface area contributed by atoms with E-state index in [1.165, 1.54) is 6.42 Å². The van der Waals surface area contributed by atoms with Gasteiger partial charge >= 0.3 is 0 Å². The molecular formula is C14H20O3. The first kappa shape index (κ1) is 11.3. The van der Waals surface area contributed by atoms with Crippen LogP contribution in [0.15, 0.2) is 23.0 Å². The largest absolute Gasteiger partial charge is 0.472 e. The molecule has 1 aliphatic heterocycles. The maximum absolute atomic E-state index is 10.7. The average Bonchev–Trinajstić information content (AvgIpc) is 2.81. The fourth-order valence-electron chi connectivity index (χ4n) is 3.22. The van der Waals surface area contributed by atoms with E-state index in [4.69, 9.17) is 9.15 Å². The summed E-state index contributed by atoms with van der Waals surface area (Å²) in [4.78, 5) is 0. The van der Waals surface area contributed by atoms with Gasteiger partial charge < -0.3 is 14.3 Å². The molecule has 2 fully saturated rings. The van der Waals surface area contributed by atoms with Crippen LogP contribution in [0.25, 0.3) is 0 Å². The minimum atomic E-state index is -0.792. The molecule has 0 aromatic carbocycles. The third-order valence-corrected chi connectivity index (χ3v) is 4.66. The average molecular weight is 236 g/mol. The third kappa shape index (κ3) is 1.81. The van der Waals surface area contributed by atoms with Crippen LogP contribution in [0, 0.1) is 5.92 Å². The van der Waals surface area contributed by atoms with E-state index in [0.717, 1.165) is 37.9 Å². The van der Waals surface area contributed by atoms with Crippen LogP contribution in [0.5, 0.6) is 0 Å². The molecule has 2 atom stereocenters. The normalized spacial score (nSPS) is 30.8. The highest BCUT2D eigenvalue weighted by atomic mass is 16.5. The fraction of sp³-hybridized carbons (Fsp3) is 0.714. The van der Waals surface area contributed by atoms with Gasteiger partial charge in [0, 0.05) is 12.2 Å². The van der Waals surface area contributed by atoms with Crippen molar-refractivity contribution in [1.29, 1.82) is 0 Å². The van der Waals surface area contributed by atoms with Crippen LogP contribution in [0.4, 0.5) is 0 Å². The van der Waals surface area contributed by atoms with Crippen molar-refractivity contribution in [3.05, 3.63) is 24.2 Å². The van der Waals surface area contributed by atoms with Crippen molar-refractivity contribution >= 4 is 0 Å². The van der Waals surface area contributed by atoms with Crippen molar-refractivity contribution in [3.63, 3.8) is 0 Å². The van der Waals surface area contributed by atoms with E-state index >= 15 is 0 Å². The lowest BCUT2D eigenvalue weighted by Crippen LogP contribution is -2.49. The molecule has 0 amide bonds. The quantitative estimate of drug-likeness (QED) is 0.858. The number of furan rings is 1. The molecule has 94 valence electrons. The van der Waals surface area contributed by atoms with Gasteiger partial charge in [-0.05, 0) is 51.0 Å².